The molecular weight excluding hydrogens is 238 g/mol. The van der Waals surface area contributed by atoms with E-state index in [9.17, 15) is 4.79 Å². The summed E-state index contributed by atoms with van der Waals surface area (Å²) >= 11 is 0. The summed E-state index contributed by atoms with van der Waals surface area (Å²) in [5.74, 6) is 1.58. The molecule has 1 aliphatic carbocycles. The van der Waals surface area contributed by atoms with E-state index in [1.54, 1.807) is 0 Å². The number of aryl methyl sites for hydroxylation is 1. The summed E-state index contributed by atoms with van der Waals surface area (Å²) in [7, 11) is 1.88. The maximum Gasteiger partial charge on any atom is 0.260 e. The number of hydrogen-bond donors (Lipinski definition) is 0. The summed E-state index contributed by atoms with van der Waals surface area (Å²) < 4.78 is 5.67. The lowest BCUT2D eigenvalue weighted by molar-refractivity contribution is -0.134. The first-order valence-corrected chi connectivity index (χ1v) is 7.09. The molecule has 0 spiro atoms. The lowest BCUT2D eigenvalue weighted by atomic mass is 10.1. The van der Waals surface area contributed by atoms with Gasteiger partial charge in [-0.15, -0.1) is 0 Å². The largest absolute Gasteiger partial charge is 0.483 e. The van der Waals surface area contributed by atoms with Crippen molar-refractivity contribution in [3.63, 3.8) is 0 Å². The van der Waals surface area contributed by atoms with Gasteiger partial charge in [0.2, 0.25) is 0 Å². The number of carbonyl (C=O) groups is 1. The molecule has 1 saturated carbocycles. The van der Waals surface area contributed by atoms with Gasteiger partial charge < -0.3 is 9.64 Å². The van der Waals surface area contributed by atoms with Gasteiger partial charge in [0.05, 0.1) is 0 Å². The van der Waals surface area contributed by atoms with Crippen LogP contribution in [0.25, 0.3) is 0 Å². The van der Waals surface area contributed by atoms with Crippen molar-refractivity contribution < 1.29 is 9.53 Å². The fourth-order valence-electron chi connectivity index (χ4n) is 2.30. The molecule has 0 N–H and O–H groups in total. The maximum atomic E-state index is 12.1. The zero-order valence-electron chi connectivity index (χ0n) is 12.1. The molecule has 19 heavy (non-hydrogen) atoms. The SMILES string of the molecule is CCc1ccccc1OCC(=O)N(C)C(C)C1CC1. The Morgan fingerprint density at radius 2 is 2.11 bits per heavy atom. The van der Waals surface area contributed by atoms with E-state index in [1.807, 2.05) is 36.2 Å². The fourth-order valence-corrected chi connectivity index (χ4v) is 2.30. The second-order valence-electron chi connectivity index (χ2n) is 5.33. The van der Waals surface area contributed by atoms with Crippen LogP contribution in [0.15, 0.2) is 24.3 Å². The van der Waals surface area contributed by atoms with Gasteiger partial charge in [-0.25, -0.2) is 0 Å². The van der Waals surface area contributed by atoms with Gasteiger partial charge in [-0.1, -0.05) is 25.1 Å². The van der Waals surface area contributed by atoms with E-state index in [1.165, 1.54) is 12.8 Å². The summed E-state index contributed by atoms with van der Waals surface area (Å²) in [6.45, 7) is 4.34. The number of para-hydroxylation sites is 1. The summed E-state index contributed by atoms with van der Waals surface area (Å²) in [4.78, 5) is 13.9. The average molecular weight is 261 g/mol. The number of likely N-dealkylation sites (N-methyl/N-ethyl adjacent to an activating group) is 1. The van der Waals surface area contributed by atoms with Gasteiger partial charge in [0, 0.05) is 13.1 Å². The minimum absolute atomic E-state index is 0.0605. The van der Waals surface area contributed by atoms with Crippen LogP contribution >= 0.6 is 0 Å². The minimum atomic E-state index is 0.0605. The first-order chi connectivity index (χ1) is 9.13. The van der Waals surface area contributed by atoms with E-state index in [4.69, 9.17) is 4.74 Å². The lowest BCUT2D eigenvalue weighted by Gasteiger charge is -2.25. The quantitative estimate of drug-likeness (QED) is 0.788. The highest BCUT2D eigenvalue weighted by Crippen LogP contribution is 2.34. The predicted molar refractivity (Wildman–Crippen MR) is 76.3 cm³/mol. The molecule has 2 rings (SSSR count). The normalized spacial score (nSPS) is 15.9. The van der Waals surface area contributed by atoms with Crippen molar-refractivity contribution in [3.8, 4) is 5.75 Å². The van der Waals surface area contributed by atoms with Gasteiger partial charge >= 0.3 is 0 Å². The molecule has 3 nitrogen and oxygen atoms in total. The van der Waals surface area contributed by atoms with Crippen LogP contribution < -0.4 is 4.74 Å². The van der Waals surface area contributed by atoms with Crippen LogP contribution in [-0.2, 0) is 11.2 Å². The van der Waals surface area contributed by atoms with E-state index >= 15 is 0 Å². The van der Waals surface area contributed by atoms with Crippen LogP contribution in [0.1, 0.15) is 32.3 Å². The third-order valence-corrected chi connectivity index (χ3v) is 4.01. The van der Waals surface area contributed by atoms with Crippen molar-refractivity contribution in [1.29, 1.82) is 0 Å². The third kappa shape index (κ3) is 3.49. The molecule has 3 heteroatoms. The summed E-state index contributed by atoms with van der Waals surface area (Å²) in [5, 5.41) is 0. The van der Waals surface area contributed by atoms with Gasteiger partial charge in [0.25, 0.3) is 5.91 Å². The Morgan fingerprint density at radius 1 is 1.42 bits per heavy atom. The molecular formula is C16H23NO2. The first-order valence-electron chi connectivity index (χ1n) is 7.09. The zero-order valence-corrected chi connectivity index (χ0v) is 12.1. The Hall–Kier alpha value is -1.51. The highest BCUT2D eigenvalue weighted by molar-refractivity contribution is 5.77. The van der Waals surface area contributed by atoms with E-state index in [-0.39, 0.29) is 12.5 Å². The molecule has 104 valence electrons. The van der Waals surface area contributed by atoms with Crippen LogP contribution in [0.4, 0.5) is 0 Å². The number of rotatable bonds is 6. The van der Waals surface area contributed by atoms with Crippen LogP contribution in [0.2, 0.25) is 0 Å². The van der Waals surface area contributed by atoms with Gasteiger partial charge in [-0.3, -0.25) is 4.79 Å². The summed E-state index contributed by atoms with van der Waals surface area (Å²) in [6, 6.07) is 8.23. The molecule has 1 aromatic carbocycles. The summed E-state index contributed by atoms with van der Waals surface area (Å²) in [5.41, 5.74) is 1.15. The molecule has 0 radical (unpaired) electrons. The number of benzene rings is 1. The number of carbonyl (C=O) groups excluding carboxylic acids is 1. The standard InChI is InChI=1S/C16H23NO2/c1-4-13-7-5-6-8-15(13)19-11-16(18)17(3)12(2)14-9-10-14/h5-8,12,14H,4,9-11H2,1-3H3. The van der Waals surface area contributed by atoms with Gasteiger partial charge in [0.15, 0.2) is 6.61 Å². The molecule has 1 aromatic rings. The van der Waals surface area contributed by atoms with Gasteiger partial charge in [-0.05, 0) is 43.7 Å². The Morgan fingerprint density at radius 3 is 2.74 bits per heavy atom. The van der Waals surface area contributed by atoms with Crippen molar-refractivity contribution in [2.45, 2.75) is 39.2 Å². The van der Waals surface area contributed by atoms with E-state index in [0.717, 1.165) is 17.7 Å². The second-order valence-corrected chi connectivity index (χ2v) is 5.33. The Kier molecular flexibility index (Phi) is 4.46. The predicted octanol–water partition coefficient (Wildman–Crippen LogP) is 2.88. The molecule has 0 aromatic heterocycles. The van der Waals surface area contributed by atoms with Crippen molar-refractivity contribution in [3.05, 3.63) is 29.8 Å². The molecule has 1 unspecified atom stereocenters. The van der Waals surface area contributed by atoms with Crippen molar-refractivity contribution in [2.75, 3.05) is 13.7 Å². The van der Waals surface area contributed by atoms with Crippen LogP contribution in [-0.4, -0.2) is 30.5 Å². The monoisotopic (exact) mass is 261 g/mol. The number of nitrogens with zero attached hydrogens (tertiary/aromatic N) is 1. The second kappa shape index (κ2) is 6.09. The van der Waals surface area contributed by atoms with E-state index < -0.39 is 0 Å². The van der Waals surface area contributed by atoms with Crippen molar-refractivity contribution >= 4 is 5.91 Å². The van der Waals surface area contributed by atoms with Crippen LogP contribution in [0.3, 0.4) is 0 Å². The smallest absolute Gasteiger partial charge is 0.260 e. The minimum Gasteiger partial charge on any atom is -0.483 e. The topological polar surface area (TPSA) is 29.5 Å². The van der Waals surface area contributed by atoms with Crippen molar-refractivity contribution in [1.82, 2.24) is 4.90 Å². The number of ether oxygens (including phenoxy) is 1. The molecule has 0 saturated heterocycles. The maximum absolute atomic E-state index is 12.1. The highest BCUT2D eigenvalue weighted by atomic mass is 16.5. The summed E-state index contributed by atoms with van der Waals surface area (Å²) in [6.07, 6.45) is 3.41. The molecule has 0 bridgehead atoms. The molecule has 1 fully saturated rings. The number of amides is 1. The average Bonchev–Trinajstić information content (AvgIpc) is 3.27. The zero-order chi connectivity index (χ0) is 13.8. The van der Waals surface area contributed by atoms with E-state index in [0.29, 0.717) is 12.0 Å². The highest BCUT2D eigenvalue weighted by Gasteiger charge is 2.32. The van der Waals surface area contributed by atoms with Gasteiger partial charge in [-0.2, -0.15) is 0 Å². The molecule has 1 atom stereocenters. The number of hydrogen-bond acceptors (Lipinski definition) is 2. The fraction of sp³-hybridized carbons (Fsp3) is 0.562. The molecule has 1 aliphatic rings. The molecule has 1 amide bonds. The van der Waals surface area contributed by atoms with E-state index in [2.05, 4.69) is 13.8 Å². The molecule has 0 aliphatic heterocycles. The van der Waals surface area contributed by atoms with Crippen LogP contribution in [0.5, 0.6) is 5.75 Å². The van der Waals surface area contributed by atoms with Crippen LogP contribution in [0, 0.1) is 5.92 Å². The molecule has 0 heterocycles. The Bertz CT molecular complexity index is 440. The van der Waals surface area contributed by atoms with Gasteiger partial charge in [0.1, 0.15) is 5.75 Å². The Balaban J connectivity index is 1.88. The lowest BCUT2D eigenvalue weighted by Crippen LogP contribution is -2.39. The third-order valence-electron chi connectivity index (χ3n) is 4.01. The Labute approximate surface area is 115 Å². The van der Waals surface area contributed by atoms with Crippen molar-refractivity contribution in [2.24, 2.45) is 5.92 Å². The first kappa shape index (κ1) is 13.9.